The van der Waals surface area contributed by atoms with Crippen LogP contribution in [-0.2, 0) is 11.2 Å². The van der Waals surface area contributed by atoms with Crippen LogP contribution in [0.1, 0.15) is 18.9 Å². The first-order valence-electron chi connectivity index (χ1n) is 6.56. The van der Waals surface area contributed by atoms with Crippen LogP contribution in [0.3, 0.4) is 0 Å². The highest BCUT2D eigenvalue weighted by atomic mass is 35.5. The van der Waals surface area contributed by atoms with Crippen molar-refractivity contribution < 1.29 is 9.53 Å². The van der Waals surface area contributed by atoms with Gasteiger partial charge in [-0.1, -0.05) is 37.3 Å². The number of hydrogen-bond donors (Lipinski definition) is 1. The van der Waals surface area contributed by atoms with E-state index in [9.17, 15) is 4.79 Å². The second-order valence-corrected chi connectivity index (χ2v) is 4.99. The molecule has 1 heterocycles. The summed E-state index contributed by atoms with van der Waals surface area (Å²) >= 11 is 5.86. The van der Waals surface area contributed by atoms with Crippen LogP contribution in [0.15, 0.2) is 30.3 Å². The molecule has 0 spiro atoms. The third-order valence-electron chi connectivity index (χ3n) is 3.28. The molecule has 5 heteroatoms. The minimum atomic E-state index is -0.315. The van der Waals surface area contributed by atoms with Crippen LogP contribution in [0, 0.1) is 0 Å². The van der Waals surface area contributed by atoms with Crippen LogP contribution in [0.2, 0.25) is 0 Å². The first-order valence-corrected chi connectivity index (χ1v) is 7.10. The summed E-state index contributed by atoms with van der Waals surface area (Å²) in [5, 5.41) is 1.59. The first-order chi connectivity index (χ1) is 9.24. The lowest BCUT2D eigenvalue weighted by molar-refractivity contribution is 0.132. The maximum atomic E-state index is 11.7. The molecule has 104 valence electrons. The maximum absolute atomic E-state index is 11.7. The zero-order valence-electron chi connectivity index (χ0n) is 11.0. The number of cyclic esters (lactones) is 1. The summed E-state index contributed by atoms with van der Waals surface area (Å²) < 4.78 is 5.12. The second kappa shape index (κ2) is 6.78. The SMILES string of the molecule is CC[C@@H](CCl)NN1C(=O)OC[C@@H]1Cc1ccccc1. The number of carbonyl (C=O) groups excluding carboxylic acids is 1. The number of amides is 1. The standard InChI is InChI=1S/C14H19ClN2O2/c1-2-12(9-15)16-17-13(10-19-14(17)18)8-11-6-4-3-5-7-11/h3-7,12-13,16H,2,8-10H2,1H3/t12-,13-/m0/s1. The van der Waals surface area contributed by atoms with Gasteiger partial charge in [0, 0.05) is 11.9 Å². The molecule has 19 heavy (non-hydrogen) atoms. The molecule has 0 bridgehead atoms. The van der Waals surface area contributed by atoms with Crippen molar-refractivity contribution in [2.45, 2.75) is 31.8 Å². The Morgan fingerprint density at radius 3 is 2.84 bits per heavy atom. The molecule has 0 radical (unpaired) electrons. The lowest BCUT2D eigenvalue weighted by atomic mass is 10.1. The fourth-order valence-electron chi connectivity index (χ4n) is 2.09. The Balaban J connectivity index is 2.01. The number of ether oxygens (including phenoxy) is 1. The van der Waals surface area contributed by atoms with E-state index in [4.69, 9.17) is 16.3 Å². The van der Waals surface area contributed by atoms with Crippen LogP contribution < -0.4 is 5.43 Å². The van der Waals surface area contributed by atoms with Crippen LogP contribution in [0.25, 0.3) is 0 Å². The highest BCUT2D eigenvalue weighted by Gasteiger charge is 2.34. The Bertz CT molecular complexity index is 409. The molecule has 0 aliphatic carbocycles. The number of benzene rings is 1. The van der Waals surface area contributed by atoms with Crippen molar-refractivity contribution in [1.29, 1.82) is 0 Å². The van der Waals surface area contributed by atoms with Gasteiger partial charge in [0.15, 0.2) is 0 Å². The molecule has 2 atom stereocenters. The average Bonchev–Trinajstić information content (AvgIpc) is 2.78. The molecule has 1 aromatic carbocycles. The van der Waals surface area contributed by atoms with E-state index < -0.39 is 0 Å². The summed E-state index contributed by atoms with van der Waals surface area (Å²) in [6.45, 7) is 2.45. The molecule has 0 aromatic heterocycles. The number of rotatable bonds is 6. The fraction of sp³-hybridized carbons (Fsp3) is 0.500. The van der Waals surface area contributed by atoms with Crippen molar-refractivity contribution in [2.75, 3.05) is 12.5 Å². The van der Waals surface area contributed by atoms with E-state index in [2.05, 4.69) is 17.6 Å². The molecule has 1 N–H and O–H groups in total. The number of alkyl halides is 1. The van der Waals surface area contributed by atoms with E-state index in [-0.39, 0.29) is 18.2 Å². The minimum absolute atomic E-state index is 0.0205. The van der Waals surface area contributed by atoms with E-state index in [1.54, 1.807) is 5.01 Å². The van der Waals surface area contributed by atoms with Crippen molar-refractivity contribution in [3.05, 3.63) is 35.9 Å². The maximum Gasteiger partial charge on any atom is 0.424 e. The van der Waals surface area contributed by atoms with Crippen molar-refractivity contribution in [1.82, 2.24) is 10.4 Å². The third-order valence-corrected chi connectivity index (χ3v) is 3.65. The molecule has 4 nitrogen and oxygen atoms in total. The average molecular weight is 283 g/mol. The summed E-state index contributed by atoms with van der Waals surface area (Å²) in [6.07, 6.45) is 1.33. The molecule has 1 fully saturated rings. The molecule has 1 amide bonds. The van der Waals surface area contributed by atoms with Gasteiger partial charge in [-0.05, 0) is 18.4 Å². The predicted molar refractivity (Wildman–Crippen MR) is 75.1 cm³/mol. The predicted octanol–water partition coefficient (Wildman–Crippen LogP) is 2.57. The van der Waals surface area contributed by atoms with Crippen LogP contribution in [0.4, 0.5) is 4.79 Å². The van der Waals surface area contributed by atoms with E-state index in [1.165, 1.54) is 5.56 Å². The lowest BCUT2D eigenvalue weighted by Gasteiger charge is -2.26. The molecule has 1 aromatic rings. The van der Waals surface area contributed by atoms with Gasteiger partial charge in [0.1, 0.15) is 6.61 Å². The van der Waals surface area contributed by atoms with Gasteiger partial charge < -0.3 is 4.74 Å². The van der Waals surface area contributed by atoms with Crippen molar-refractivity contribution in [2.24, 2.45) is 0 Å². The molecule has 1 aliphatic heterocycles. The van der Waals surface area contributed by atoms with Crippen molar-refractivity contribution >= 4 is 17.7 Å². The molecule has 1 aliphatic rings. The van der Waals surface area contributed by atoms with Gasteiger partial charge in [-0.2, -0.15) is 0 Å². The third kappa shape index (κ3) is 3.61. The molecular weight excluding hydrogens is 264 g/mol. The molecule has 2 rings (SSSR count). The Labute approximate surface area is 118 Å². The number of nitrogens with one attached hydrogen (secondary N) is 1. The Kier molecular flexibility index (Phi) is 5.05. The van der Waals surface area contributed by atoms with Gasteiger partial charge in [0.2, 0.25) is 0 Å². The van der Waals surface area contributed by atoms with Gasteiger partial charge >= 0.3 is 6.09 Å². The van der Waals surface area contributed by atoms with E-state index in [0.717, 1.165) is 12.8 Å². The van der Waals surface area contributed by atoms with Crippen LogP contribution in [0.5, 0.6) is 0 Å². The van der Waals surface area contributed by atoms with Gasteiger partial charge in [0.05, 0.1) is 6.04 Å². The van der Waals surface area contributed by atoms with Gasteiger partial charge in [-0.15, -0.1) is 11.6 Å². The highest BCUT2D eigenvalue weighted by molar-refractivity contribution is 6.18. The first kappa shape index (κ1) is 14.2. The number of hydrogen-bond acceptors (Lipinski definition) is 3. The van der Waals surface area contributed by atoms with Crippen LogP contribution in [-0.4, -0.2) is 35.7 Å². The Morgan fingerprint density at radius 1 is 1.47 bits per heavy atom. The van der Waals surface area contributed by atoms with E-state index in [0.29, 0.717) is 12.5 Å². The quantitative estimate of drug-likeness (QED) is 0.816. The summed E-state index contributed by atoms with van der Waals surface area (Å²) in [4.78, 5) is 11.7. The van der Waals surface area contributed by atoms with E-state index >= 15 is 0 Å². The largest absolute Gasteiger partial charge is 0.446 e. The summed E-state index contributed by atoms with van der Waals surface area (Å²) in [5.74, 6) is 0.471. The number of halogens is 1. The summed E-state index contributed by atoms with van der Waals surface area (Å²) in [6, 6.07) is 10.2. The molecule has 1 saturated heterocycles. The van der Waals surface area contributed by atoms with Gasteiger partial charge in [0.25, 0.3) is 0 Å². The molecular formula is C14H19ClN2O2. The van der Waals surface area contributed by atoms with Gasteiger partial charge in [-0.3, -0.25) is 0 Å². The monoisotopic (exact) mass is 282 g/mol. The molecule has 0 saturated carbocycles. The summed E-state index contributed by atoms with van der Waals surface area (Å²) in [7, 11) is 0. The number of hydrazine groups is 1. The zero-order valence-corrected chi connectivity index (χ0v) is 11.8. The van der Waals surface area contributed by atoms with Gasteiger partial charge in [-0.25, -0.2) is 15.2 Å². The zero-order chi connectivity index (χ0) is 13.7. The minimum Gasteiger partial charge on any atom is -0.446 e. The number of carbonyl (C=O) groups is 1. The fourth-order valence-corrected chi connectivity index (χ4v) is 2.37. The second-order valence-electron chi connectivity index (χ2n) is 4.68. The Morgan fingerprint density at radius 2 is 2.21 bits per heavy atom. The van der Waals surface area contributed by atoms with Crippen molar-refractivity contribution in [3.63, 3.8) is 0 Å². The normalized spacial score (nSPS) is 20.4. The number of nitrogens with zero attached hydrogens (tertiary/aromatic N) is 1. The Hall–Kier alpha value is -1.26. The summed E-state index contributed by atoms with van der Waals surface area (Å²) in [5.41, 5.74) is 4.35. The van der Waals surface area contributed by atoms with Crippen molar-refractivity contribution in [3.8, 4) is 0 Å². The lowest BCUT2D eigenvalue weighted by Crippen LogP contribution is -2.50. The highest BCUT2D eigenvalue weighted by Crippen LogP contribution is 2.16. The van der Waals surface area contributed by atoms with Crippen LogP contribution >= 0.6 is 11.6 Å². The van der Waals surface area contributed by atoms with E-state index in [1.807, 2.05) is 25.1 Å². The topological polar surface area (TPSA) is 41.6 Å². The molecule has 0 unspecified atom stereocenters. The smallest absolute Gasteiger partial charge is 0.424 e.